The molecule has 0 aliphatic carbocycles. The zero-order valence-electron chi connectivity index (χ0n) is 11.2. The Morgan fingerprint density at radius 3 is 2.81 bits per heavy atom. The van der Waals surface area contributed by atoms with Crippen LogP contribution in [0.4, 0.5) is 5.69 Å². The van der Waals surface area contributed by atoms with Gasteiger partial charge in [-0.2, -0.15) is 9.78 Å². The third kappa shape index (κ3) is 1.97. The highest BCUT2D eigenvalue weighted by molar-refractivity contribution is 5.81. The number of nitro groups is 1. The van der Waals surface area contributed by atoms with E-state index in [9.17, 15) is 14.9 Å². The number of benzene rings is 1. The van der Waals surface area contributed by atoms with Crippen LogP contribution in [0.3, 0.4) is 0 Å². The molecule has 3 rings (SSSR count). The zero-order valence-corrected chi connectivity index (χ0v) is 11.2. The van der Waals surface area contributed by atoms with Gasteiger partial charge in [-0.25, -0.2) is 0 Å². The minimum absolute atomic E-state index is 0.115. The van der Waals surface area contributed by atoms with Crippen molar-refractivity contribution >= 4 is 16.6 Å². The minimum Gasteiger partial charge on any atom is -0.360 e. The van der Waals surface area contributed by atoms with E-state index in [1.165, 1.54) is 18.2 Å². The largest absolute Gasteiger partial charge is 0.360 e. The predicted octanol–water partition coefficient (Wildman–Crippen LogP) is 1.90. The molecule has 0 spiro atoms. The lowest BCUT2D eigenvalue weighted by Crippen LogP contribution is -2.22. The number of fused-ring (bicyclic) bond motifs is 1. The summed E-state index contributed by atoms with van der Waals surface area (Å²) >= 11 is 0. The molecule has 0 N–H and O–H groups in total. The number of hydrogen-bond acceptors (Lipinski definition) is 6. The van der Waals surface area contributed by atoms with Gasteiger partial charge in [-0.1, -0.05) is 11.2 Å². The van der Waals surface area contributed by atoms with E-state index < -0.39 is 10.5 Å². The molecule has 1 aromatic carbocycles. The summed E-state index contributed by atoms with van der Waals surface area (Å²) in [6.07, 6.45) is 0. The Morgan fingerprint density at radius 2 is 2.10 bits per heavy atom. The second-order valence-electron chi connectivity index (χ2n) is 4.54. The summed E-state index contributed by atoms with van der Waals surface area (Å²) in [4.78, 5) is 22.7. The van der Waals surface area contributed by atoms with E-state index in [0.29, 0.717) is 22.5 Å². The van der Waals surface area contributed by atoms with E-state index >= 15 is 0 Å². The third-order valence-corrected chi connectivity index (χ3v) is 3.15. The lowest BCUT2D eigenvalue weighted by molar-refractivity contribution is -0.384. The molecule has 2 heterocycles. The Kier molecular flexibility index (Phi) is 2.79. The van der Waals surface area contributed by atoms with E-state index in [0.717, 1.165) is 4.68 Å². The lowest BCUT2D eigenvalue weighted by atomic mass is 10.2. The first kappa shape index (κ1) is 13.0. The van der Waals surface area contributed by atoms with E-state index in [1.54, 1.807) is 19.9 Å². The quantitative estimate of drug-likeness (QED) is 0.526. The molecule has 3 aromatic rings. The molecule has 8 nitrogen and oxygen atoms in total. The summed E-state index contributed by atoms with van der Waals surface area (Å²) in [5.41, 5.74) is 0.435. The molecule has 8 heteroatoms. The van der Waals surface area contributed by atoms with Crippen LogP contribution >= 0.6 is 0 Å². The van der Waals surface area contributed by atoms with Crippen molar-refractivity contribution in [2.45, 2.75) is 13.8 Å². The van der Waals surface area contributed by atoms with Gasteiger partial charge in [-0.05, 0) is 19.9 Å². The number of aryl methyl sites for hydroxylation is 2. The Labute approximate surface area is 117 Å². The maximum atomic E-state index is 12.4. The second-order valence-corrected chi connectivity index (χ2v) is 4.54. The molecule has 0 saturated carbocycles. The van der Waals surface area contributed by atoms with Gasteiger partial charge in [0.2, 0.25) is 0 Å². The smallest absolute Gasteiger partial charge is 0.301 e. The fourth-order valence-electron chi connectivity index (χ4n) is 2.20. The summed E-state index contributed by atoms with van der Waals surface area (Å²) in [6.45, 7) is 3.42. The number of hydrogen-bond donors (Lipinski definition) is 0. The fourth-order valence-corrected chi connectivity index (χ4v) is 2.20. The van der Waals surface area contributed by atoms with Gasteiger partial charge >= 0.3 is 5.56 Å². The lowest BCUT2D eigenvalue weighted by Gasteiger charge is -2.05. The summed E-state index contributed by atoms with van der Waals surface area (Å²) in [7, 11) is 0. The molecule has 0 aliphatic rings. The summed E-state index contributed by atoms with van der Waals surface area (Å²) in [6, 6.07) is 5.70. The summed E-state index contributed by atoms with van der Waals surface area (Å²) in [5.74, 6) is 0.512. The highest BCUT2D eigenvalue weighted by Gasteiger charge is 2.17. The van der Waals surface area contributed by atoms with Crippen LogP contribution < -0.4 is 5.56 Å². The molecule has 106 valence electrons. The molecule has 0 aliphatic heterocycles. The average molecular weight is 286 g/mol. The van der Waals surface area contributed by atoms with Gasteiger partial charge in [-0.3, -0.25) is 14.9 Å². The van der Waals surface area contributed by atoms with Crippen LogP contribution in [-0.2, 0) is 0 Å². The van der Waals surface area contributed by atoms with Crippen LogP contribution in [0.5, 0.6) is 0 Å². The van der Waals surface area contributed by atoms with E-state index in [4.69, 9.17) is 4.52 Å². The van der Waals surface area contributed by atoms with Crippen LogP contribution in [0.15, 0.2) is 33.6 Å². The first-order valence-corrected chi connectivity index (χ1v) is 6.10. The minimum atomic E-state index is -0.528. The van der Waals surface area contributed by atoms with Crippen LogP contribution in [0.25, 0.3) is 16.6 Å². The molecular weight excluding hydrogens is 276 g/mol. The molecule has 21 heavy (non-hydrogen) atoms. The van der Waals surface area contributed by atoms with Gasteiger partial charge < -0.3 is 4.52 Å². The number of rotatable bonds is 2. The molecule has 0 unspecified atom stereocenters. The monoisotopic (exact) mass is 286 g/mol. The molecule has 2 aromatic heterocycles. The van der Waals surface area contributed by atoms with E-state index in [1.807, 2.05) is 0 Å². The first-order chi connectivity index (χ1) is 9.99. The topological polar surface area (TPSA) is 104 Å². The Balaban J connectivity index is 2.31. The Bertz CT molecular complexity index is 926. The molecule has 0 fully saturated rings. The maximum Gasteiger partial charge on any atom is 0.301 e. The van der Waals surface area contributed by atoms with E-state index in [2.05, 4.69) is 10.3 Å². The molecule has 0 atom stereocenters. The van der Waals surface area contributed by atoms with Crippen LogP contribution in [0.2, 0.25) is 0 Å². The van der Waals surface area contributed by atoms with E-state index in [-0.39, 0.29) is 11.2 Å². The van der Waals surface area contributed by atoms with Gasteiger partial charge in [0.05, 0.1) is 21.7 Å². The molecular formula is C13H10N4O4. The van der Waals surface area contributed by atoms with Crippen molar-refractivity contribution in [1.82, 2.24) is 14.9 Å². The highest BCUT2D eigenvalue weighted by atomic mass is 16.6. The van der Waals surface area contributed by atoms with Crippen molar-refractivity contribution in [2.75, 3.05) is 0 Å². The Hall–Kier alpha value is -3.03. The van der Waals surface area contributed by atoms with Gasteiger partial charge in [0.1, 0.15) is 5.76 Å². The van der Waals surface area contributed by atoms with Crippen molar-refractivity contribution in [3.63, 3.8) is 0 Å². The average Bonchev–Trinajstić information content (AvgIpc) is 2.86. The van der Waals surface area contributed by atoms with Crippen LogP contribution in [0, 0.1) is 24.0 Å². The van der Waals surface area contributed by atoms with Crippen LogP contribution in [0.1, 0.15) is 11.5 Å². The molecule has 0 amide bonds. The summed E-state index contributed by atoms with van der Waals surface area (Å²) < 4.78 is 6.11. The third-order valence-electron chi connectivity index (χ3n) is 3.15. The Morgan fingerprint density at radius 1 is 1.33 bits per heavy atom. The molecule has 0 radical (unpaired) electrons. The summed E-state index contributed by atoms with van der Waals surface area (Å²) in [5, 5.41) is 19.3. The SMILES string of the molecule is Cc1nn(-c2cccc([N+](=O)[O-])c2)c(=O)c2noc(C)c12. The van der Waals surface area contributed by atoms with Crippen molar-refractivity contribution in [2.24, 2.45) is 0 Å². The standard InChI is InChI=1S/C13H10N4O4/c1-7-11-8(2)21-15-12(11)13(18)16(14-7)9-4-3-5-10(6-9)17(19)20/h3-6H,1-2H3. The number of non-ortho nitro benzene ring substituents is 1. The van der Waals surface area contributed by atoms with Gasteiger partial charge in [0.25, 0.3) is 5.69 Å². The van der Waals surface area contributed by atoms with Crippen molar-refractivity contribution in [3.8, 4) is 5.69 Å². The number of aromatic nitrogens is 3. The van der Waals surface area contributed by atoms with Crippen molar-refractivity contribution in [1.29, 1.82) is 0 Å². The van der Waals surface area contributed by atoms with Gasteiger partial charge in [0, 0.05) is 12.1 Å². The second kappa shape index (κ2) is 4.51. The zero-order chi connectivity index (χ0) is 15.1. The molecule has 0 bridgehead atoms. The predicted molar refractivity (Wildman–Crippen MR) is 73.5 cm³/mol. The highest BCUT2D eigenvalue weighted by Crippen LogP contribution is 2.19. The first-order valence-electron chi connectivity index (χ1n) is 6.10. The fraction of sp³-hybridized carbons (Fsp3) is 0.154. The maximum absolute atomic E-state index is 12.4. The van der Waals surface area contributed by atoms with Crippen LogP contribution in [-0.4, -0.2) is 19.9 Å². The van der Waals surface area contributed by atoms with Crippen molar-refractivity contribution in [3.05, 3.63) is 56.2 Å². The van der Waals surface area contributed by atoms with Crippen molar-refractivity contribution < 1.29 is 9.45 Å². The number of nitrogens with zero attached hydrogens (tertiary/aromatic N) is 4. The molecule has 0 saturated heterocycles. The normalized spacial score (nSPS) is 11.0. The van der Waals surface area contributed by atoms with Gasteiger partial charge in [0.15, 0.2) is 5.52 Å². The number of nitro benzene ring substituents is 1. The van der Waals surface area contributed by atoms with Gasteiger partial charge in [-0.15, -0.1) is 0 Å².